The summed E-state index contributed by atoms with van der Waals surface area (Å²) in [6, 6.07) is 13.4. The second-order valence-electron chi connectivity index (χ2n) is 8.01. The lowest BCUT2D eigenvalue weighted by molar-refractivity contribution is -0.126. The number of hydrogen-bond donors (Lipinski definition) is 0. The summed E-state index contributed by atoms with van der Waals surface area (Å²) in [5.74, 6) is 1.13. The summed E-state index contributed by atoms with van der Waals surface area (Å²) >= 11 is 1.90. The van der Waals surface area contributed by atoms with Crippen LogP contribution in [0.5, 0.6) is 0 Å². The number of carbonyl (C=O) groups is 1. The van der Waals surface area contributed by atoms with E-state index in [2.05, 4.69) is 63.7 Å². The Morgan fingerprint density at radius 3 is 2.62 bits per heavy atom. The third-order valence-electron chi connectivity index (χ3n) is 5.74. The molecule has 1 fully saturated rings. The smallest absolute Gasteiger partial charge is 0.227 e. The van der Waals surface area contributed by atoms with Crippen LogP contribution in [-0.2, 0) is 11.2 Å². The van der Waals surface area contributed by atoms with E-state index < -0.39 is 0 Å². The van der Waals surface area contributed by atoms with Gasteiger partial charge in [0.25, 0.3) is 0 Å². The van der Waals surface area contributed by atoms with Crippen LogP contribution >= 0.6 is 11.8 Å². The van der Waals surface area contributed by atoms with Crippen LogP contribution in [0, 0.1) is 13.8 Å². The molecule has 2 nitrogen and oxygen atoms in total. The minimum atomic E-state index is 0.226. The number of thioether (sulfide) groups is 1. The van der Waals surface area contributed by atoms with E-state index in [9.17, 15) is 4.79 Å². The number of rotatable bonds is 9. The van der Waals surface area contributed by atoms with Gasteiger partial charge in [0, 0.05) is 29.3 Å². The van der Waals surface area contributed by atoms with Crippen LogP contribution in [0.15, 0.2) is 53.6 Å². The van der Waals surface area contributed by atoms with E-state index in [0.29, 0.717) is 6.42 Å². The molecule has 0 aromatic heterocycles. The number of likely N-dealkylation sites (tertiary alicyclic amines) is 1. The number of hydrogen-bond acceptors (Lipinski definition) is 2. The van der Waals surface area contributed by atoms with Crippen molar-refractivity contribution in [1.82, 2.24) is 4.90 Å². The van der Waals surface area contributed by atoms with Gasteiger partial charge in [-0.15, -0.1) is 11.8 Å². The first-order chi connectivity index (χ1) is 14.0. The molecule has 1 saturated heterocycles. The monoisotopic (exact) mass is 407 g/mol. The van der Waals surface area contributed by atoms with Crippen molar-refractivity contribution in [2.45, 2.75) is 64.2 Å². The molecule has 3 rings (SSSR count). The molecule has 0 bridgehead atoms. The Kier molecular flexibility index (Phi) is 7.60. The molecule has 0 saturated carbocycles. The van der Waals surface area contributed by atoms with E-state index in [-0.39, 0.29) is 5.91 Å². The SMILES string of the molecule is C=C1CCC(=O)N1CCSc1c(CCCCC)ccc(-c2cccc(C)c2)c1C. The van der Waals surface area contributed by atoms with E-state index in [1.165, 1.54) is 52.0 Å². The molecule has 1 aliphatic rings. The number of benzene rings is 2. The maximum atomic E-state index is 12.1. The predicted molar refractivity (Wildman–Crippen MR) is 125 cm³/mol. The van der Waals surface area contributed by atoms with Gasteiger partial charge in [0.1, 0.15) is 0 Å². The van der Waals surface area contributed by atoms with Crippen molar-refractivity contribution in [2.75, 3.05) is 12.3 Å². The van der Waals surface area contributed by atoms with Crippen molar-refractivity contribution >= 4 is 17.7 Å². The molecule has 0 atom stereocenters. The zero-order valence-corrected chi connectivity index (χ0v) is 18.9. The van der Waals surface area contributed by atoms with Crippen molar-refractivity contribution in [1.29, 1.82) is 0 Å². The van der Waals surface area contributed by atoms with Gasteiger partial charge in [0.15, 0.2) is 0 Å². The zero-order valence-electron chi connectivity index (χ0n) is 18.1. The molecule has 1 aliphatic heterocycles. The number of carbonyl (C=O) groups excluding carboxylic acids is 1. The number of nitrogens with zero attached hydrogens (tertiary/aromatic N) is 1. The Hall–Kier alpha value is -2.00. The Morgan fingerprint density at radius 1 is 1.10 bits per heavy atom. The molecular formula is C26H33NOS. The number of aryl methyl sites for hydroxylation is 2. The van der Waals surface area contributed by atoms with Gasteiger partial charge < -0.3 is 4.90 Å². The van der Waals surface area contributed by atoms with Crippen LogP contribution in [-0.4, -0.2) is 23.1 Å². The molecule has 0 radical (unpaired) electrons. The summed E-state index contributed by atoms with van der Waals surface area (Å²) in [4.78, 5) is 15.3. The molecule has 0 aliphatic carbocycles. The molecule has 154 valence electrons. The maximum absolute atomic E-state index is 12.1. The van der Waals surface area contributed by atoms with Crippen molar-refractivity contribution in [3.05, 3.63) is 65.4 Å². The number of unbranched alkanes of at least 4 members (excludes halogenated alkanes) is 2. The van der Waals surface area contributed by atoms with Gasteiger partial charge in [-0.1, -0.05) is 68.3 Å². The predicted octanol–water partition coefficient (Wildman–Crippen LogP) is 6.93. The summed E-state index contributed by atoms with van der Waals surface area (Å²) in [5, 5.41) is 0. The number of allylic oxidation sites excluding steroid dienone is 1. The lowest BCUT2D eigenvalue weighted by Crippen LogP contribution is -2.25. The van der Waals surface area contributed by atoms with Crippen LogP contribution in [0.25, 0.3) is 11.1 Å². The van der Waals surface area contributed by atoms with Crippen LogP contribution < -0.4 is 0 Å². The lowest BCUT2D eigenvalue weighted by Gasteiger charge is -2.20. The highest BCUT2D eigenvalue weighted by molar-refractivity contribution is 7.99. The van der Waals surface area contributed by atoms with Crippen molar-refractivity contribution < 1.29 is 4.79 Å². The van der Waals surface area contributed by atoms with Crippen LogP contribution in [0.2, 0.25) is 0 Å². The molecular weight excluding hydrogens is 374 g/mol. The first kappa shape index (κ1) is 21.7. The van der Waals surface area contributed by atoms with Crippen molar-refractivity contribution in [3.63, 3.8) is 0 Å². The second kappa shape index (κ2) is 10.2. The Bertz CT molecular complexity index is 870. The van der Waals surface area contributed by atoms with Crippen molar-refractivity contribution in [3.8, 4) is 11.1 Å². The fraction of sp³-hybridized carbons (Fsp3) is 0.423. The lowest BCUT2D eigenvalue weighted by atomic mass is 9.95. The fourth-order valence-corrected chi connectivity index (χ4v) is 5.22. The third kappa shape index (κ3) is 5.33. The molecule has 0 spiro atoms. The molecule has 0 unspecified atom stereocenters. The minimum Gasteiger partial charge on any atom is -0.316 e. The minimum absolute atomic E-state index is 0.226. The van der Waals surface area contributed by atoms with E-state index >= 15 is 0 Å². The highest BCUT2D eigenvalue weighted by atomic mass is 32.2. The quantitative estimate of drug-likeness (QED) is 0.332. The Labute approximate surface area is 180 Å². The largest absolute Gasteiger partial charge is 0.316 e. The summed E-state index contributed by atoms with van der Waals surface area (Å²) < 4.78 is 0. The van der Waals surface area contributed by atoms with E-state index in [1.807, 2.05) is 16.7 Å². The maximum Gasteiger partial charge on any atom is 0.227 e. The van der Waals surface area contributed by atoms with Gasteiger partial charge in [0.2, 0.25) is 5.91 Å². The third-order valence-corrected chi connectivity index (χ3v) is 6.98. The summed E-state index contributed by atoms with van der Waals surface area (Å²) in [7, 11) is 0. The van der Waals surface area contributed by atoms with Crippen molar-refractivity contribution in [2.24, 2.45) is 0 Å². The summed E-state index contributed by atoms with van der Waals surface area (Å²) in [5.41, 5.74) is 7.67. The van der Waals surface area contributed by atoms with Gasteiger partial charge in [-0.3, -0.25) is 4.79 Å². The van der Waals surface area contributed by atoms with Crippen LogP contribution in [0.1, 0.15) is 55.7 Å². The van der Waals surface area contributed by atoms with E-state index in [1.54, 1.807) is 0 Å². The Morgan fingerprint density at radius 2 is 1.93 bits per heavy atom. The molecule has 1 amide bonds. The molecule has 3 heteroatoms. The fourth-order valence-electron chi connectivity index (χ4n) is 4.06. The number of amides is 1. The average molecular weight is 408 g/mol. The molecule has 29 heavy (non-hydrogen) atoms. The van der Waals surface area contributed by atoms with Gasteiger partial charge in [-0.05, 0) is 55.4 Å². The van der Waals surface area contributed by atoms with Gasteiger partial charge in [0.05, 0.1) is 0 Å². The van der Waals surface area contributed by atoms with E-state index in [4.69, 9.17) is 0 Å². The van der Waals surface area contributed by atoms with Gasteiger partial charge in [-0.2, -0.15) is 0 Å². The molecule has 1 heterocycles. The summed E-state index contributed by atoms with van der Waals surface area (Å²) in [6.07, 6.45) is 6.29. The topological polar surface area (TPSA) is 20.3 Å². The van der Waals surface area contributed by atoms with E-state index in [0.717, 1.165) is 30.8 Å². The van der Waals surface area contributed by atoms with Gasteiger partial charge >= 0.3 is 0 Å². The second-order valence-corrected chi connectivity index (χ2v) is 9.12. The van der Waals surface area contributed by atoms with Crippen LogP contribution in [0.3, 0.4) is 0 Å². The molecule has 2 aromatic carbocycles. The zero-order chi connectivity index (χ0) is 20.8. The standard InChI is InChI=1S/C26H33NOS/c1-5-6-7-10-22-13-14-24(23-11-8-9-19(2)18-23)21(4)26(22)29-17-16-27-20(3)12-15-25(27)28/h8-9,11,13-14,18H,3,5-7,10,12,15-17H2,1-2,4H3. The summed E-state index contributed by atoms with van der Waals surface area (Å²) in [6.45, 7) is 11.5. The normalized spacial score (nSPS) is 14.1. The first-order valence-corrected chi connectivity index (χ1v) is 11.8. The van der Waals surface area contributed by atoms with Crippen LogP contribution in [0.4, 0.5) is 0 Å². The first-order valence-electron chi connectivity index (χ1n) is 10.8. The Balaban J connectivity index is 1.83. The average Bonchev–Trinajstić information content (AvgIpc) is 3.02. The highest BCUT2D eigenvalue weighted by Crippen LogP contribution is 2.35. The van der Waals surface area contributed by atoms with Gasteiger partial charge in [-0.25, -0.2) is 0 Å². The highest BCUT2D eigenvalue weighted by Gasteiger charge is 2.23. The molecule has 0 N–H and O–H groups in total. The molecule has 2 aromatic rings.